The predicted molar refractivity (Wildman–Crippen MR) is 110 cm³/mol. The van der Waals surface area contributed by atoms with Crippen molar-refractivity contribution in [1.29, 1.82) is 0 Å². The zero-order valence-electron chi connectivity index (χ0n) is 16.4. The molecule has 152 valence electrons. The fourth-order valence-corrected chi connectivity index (χ4v) is 4.70. The van der Waals surface area contributed by atoms with Crippen molar-refractivity contribution in [1.82, 2.24) is 15.5 Å². The lowest BCUT2D eigenvalue weighted by Gasteiger charge is -2.45. The Kier molecular flexibility index (Phi) is 6.40. The van der Waals surface area contributed by atoms with Crippen LogP contribution in [0.2, 0.25) is 0 Å². The summed E-state index contributed by atoms with van der Waals surface area (Å²) in [7, 11) is 0. The van der Waals surface area contributed by atoms with Crippen LogP contribution in [0.15, 0.2) is 28.8 Å². The topological polar surface area (TPSA) is 94.0 Å². The smallest absolute Gasteiger partial charge is 0.258 e. The maximum atomic E-state index is 13.1. The molecule has 2 aliphatic rings. The van der Waals surface area contributed by atoms with E-state index in [9.17, 15) is 4.79 Å². The summed E-state index contributed by atoms with van der Waals surface area (Å²) in [5, 5.41) is 7.34. The zero-order chi connectivity index (χ0) is 19.0. The highest BCUT2D eigenvalue weighted by Gasteiger charge is 2.40. The van der Waals surface area contributed by atoms with Crippen molar-refractivity contribution in [3.63, 3.8) is 0 Å². The molecule has 2 aliphatic carbocycles. The summed E-state index contributed by atoms with van der Waals surface area (Å²) >= 11 is 0. The van der Waals surface area contributed by atoms with Crippen LogP contribution in [0.5, 0.6) is 0 Å². The molecule has 6 nitrogen and oxygen atoms in total. The Morgan fingerprint density at radius 1 is 1.21 bits per heavy atom. The van der Waals surface area contributed by atoms with Crippen LogP contribution in [0, 0.1) is 11.8 Å². The number of amides is 1. The largest absolute Gasteiger partial charge is 0.349 e. The number of rotatable bonds is 4. The van der Waals surface area contributed by atoms with Crippen LogP contribution in [0.1, 0.15) is 68.1 Å². The summed E-state index contributed by atoms with van der Waals surface area (Å²) in [6.07, 6.45) is 5.55. The first kappa shape index (κ1) is 20.8. The first-order valence-corrected chi connectivity index (χ1v) is 10.0. The highest BCUT2D eigenvalue weighted by Crippen LogP contribution is 2.40. The molecule has 1 aromatic carbocycles. The third kappa shape index (κ3) is 4.08. The highest BCUT2D eigenvalue weighted by atomic mass is 35.5. The monoisotopic (exact) mass is 404 g/mol. The van der Waals surface area contributed by atoms with Crippen LogP contribution in [-0.4, -0.2) is 28.1 Å². The van der Waals surface area contributed by atoms with Gasteiger partial charge in [0, 0.05) is 18.0 Å². The van der Waals surface area contributed by atoms with Gasteiger partial charge in [-0.3, -0.25) is 4.79 Å². The molecule has 0 saturated heterocycles. The van der Waals surface area contributed by atoms with E-state index in [2.05, 4.69) is 15.5 Å². The minimum absolute atomic E-state index is 0. The molecule has 1 heterocycles. The first-order chi connectivity index (χ1) is 13.0. The lowest BCUT2D eigenvalue weighted by molar-refractivity contribution is 0.0756. The molecule has 3 N–H and O–H groups in total. The summed E-state index contributed by atoms with van der Waals surface area (Å²) in [6.45, 7) is 4.03. The molecule has 2 unspecified atom stereocenters. The third-order valence-corrected chi connectivity index (χ3v) is 6.03. The molecular formula is C21H29ClN4O2. The summed E-state index contributed by atoms with van der Waals surface area (Å²) in [5.41, 5.74) is 7.49. The van der Waals surface area contributed by atoms with Gasteiger partial charge in [0.2, 0.25) is 0 Å². The molecule has 2 aromatic rings. The van der Waals surface area contributed by atoms with Crippen molar-refractivity contribution in [3.8, 4) is 11.5 Å². The summed E-state index contributed by atoms with van der Waals surface area (Å²) in [5.74, 6) is 2.13. The number of hydrogen-bond donors (Lipinski definition) is 2. The third-order valence-electron chi connectivity index (χ3n) is 6.03. The molecule has 7 heteroatoms. The van der Waals surface area contributed by atoms with Crippen LogP contribution >= 0.6 is 12.4 Å². The number of carbonyl (C=O) groups excluding carboxylic acids is 1. The summed E-state index contributed by atoms with van der Waals surface area (Å²) < 4.78 is 5.42. The van der Waals surface area contributed by atoms with Crippen molar-refractivity contribution < 1.29 is 9.32 Å². The molecule has 2 fully saturated rings. The van der Waals surface area contributed by atoms with E-state index >= 15 is 0 Å². The Morgan fingerprint density at radius 3 is 2.54 bits per heavy atom. The number of fused-ring (bicyclic) bond motifs is 2. The van der Waals surface area contributed by atoms with Gasteiger partial charge in [-0.2, -0.15) is 4.98 Å². The average molecular weight is 405 g/mol. The van der Waals surface area contributed by atoms with E-state index in [1.807, 2.05) is 38.1 Å². The number of aromatic nitrogens is 2. The quantitative estimate of drug-likeness (QED) is 0.805. The van der Waals surface area contributed by atoms with Gasteiger partial charge in [0.05, 0.1) is 11.1 Å². The summed E-state index contributed by atoms with van der Waals surface area (Å²) in [4.78, 5) is 17.6. The number of nitrogens with zero attached hydrogens (tertiary/aromatic N) is 2. The van der Waals surface area contributed by atoms with Crippen molar-refractivity contribution >= 4 is 18.3 Å². The van der Waals surface area contributed by atoms with E-state index < -0.39 is 0 Å². The van der Waals surface area contributed by atoms with Crippen molar-refractivity contribution in [3.05, 3.63) is 35.7 Å². The predicted octanol–water partition coefficient (Wildman–Crippen LogP) is 3.92. The fourth-order valence-electron chi connectivity index (χ4n) is 4.70. The van der Waals surface area contributed by atoms with Crippen LogP contribution in [-0.2, 0) is 0 Å². The molecule has 1 aromatic heterocycles. The van der Waals surface area contributed by atoms with Crippen LogP contribution in [0.4, 0.5) is 0 Å². The molecule has 4 rings (SSSR count). The molecule has 2 saturated carbocycles. The molecule has 2 atom stereocenters. The number of hydrogen-bond acceptors (Lipinski definition) is 5. The standard InChI is InChI=1S/C21H28N4O2.ClH/c1-12(2)19-24-21(27-25-19)17-9-4-3-8-16(17)20(26)23-18-13-6-5-7-14(18)11-15(22)10-13;/h3-4,8-9,12-15,18H,5-7,10-11,22H2,1-2H3,(H,23,26);1H. The van der Waals surface area contributed by atoms with Crippen molar-refractivity contribution in [2.45, 2.75) is 64.0 Å². The Morgan fingerprint density at radius 2 is 1.89 bits per heavy atom. The van der Waals surface area contributed by atoms with Crippen LogP contribution in [0.3, 0.4) is 0 Å². The molecule has 28 heavy (non-hydrogen) atoms. The molecule has 0 radical (unpaired) electrons. The average Bonchev–Trinajstić information content (AvgIpc) is 3.13. The highest BCUT2D eigenvalue weighted by molar-refractivity contribution is 6.00. The molecular weight excluding hydrogens is 376 g/mol. The Bertz CT molecular complexity index is 808. The number of halogens is 1. The van der Waals surface area contributed by atoms with Crippen molar-refractivity contribution in [2.24, 2.45) is 17.6 Å². The van der Waals surface area contributed by atoms with E-state index in [-0.39, 0.29) is 36.3 Å². The van der Waals surface area contributed by atoms with Crippen molar-refractivity contribution in [2.75, 3.05) is 0 Å². The minimum atomic E-state index is -0.0627. The lowest BCUT2D eigenvalue weighted by Crippen LogP contribution is -2.53. The SMILES string of the molecule is CC(C)c1noc(-c2ccccc2C(=O)NC2C3CCCC2CC(N)C3)n1.Cl. The zero-order valence-corrected chi connectivity index (χ0v) is 17.2. The van der Waals surface area contributed by atoms with Gasteiger partial charge >= 0.3 is 0 Å². The number of nitrogens with one attached hydrogen (secondary N) is 1. The Labute approximate surface area is 172 Å². The van der Waals surface area contributed by atoms with Crippen LogP contribution < -0.4 is 11.1 Å². The van der Waals surface area contributed by atoms with Gasteiger partial charge in [-0.05, 0) is 49.7 Å². The second kappa shape index (κ2) is 8.62. The molecule has 1 amide bonds. The summed E-state index contributed by atoms with van der Waals surface area (Å²) in [6, 6.07) is 7.94. The fraction of sp³-hybridized carbons (Fsp3) is 0.571. The lowest BCUT2D eigenvalue weighted by atomic mass is 9.67. The Balaban J connectivity index is 0.00000225. The second-order valence-electron chi connectivity index (χ2n) is 8.34. The number of nitrogens with two attached hydrogens (primary N) is 1. The maximum Gasteiger partial charge on any atom is 0.258 e. The van der Waals surface area contributed by atoms with Gasteiger partial charge in [0.25, 0.3) is 11.8 Å². The van der Waals surface area contributed by atoms with E-state index in [4.69, 9.17) is 10.3 Å². The second-order valence-corrected chi connectivity index (χ2v) is 8.34. The van der Waals surface area contributed by atoms with E-state index in [0.29, 0.717) is 34.7 Å². The normalized spacial score (nSPS) is 26.6. The van der Waals surface area contributed by atoms with Gasteiger partial charge < -0.3 is 15.6 Å². The molecule has 0 spiro atoms. The first-order valence-electron chi connectivity index (χ1n) is 10.0. The van der Waals surface area contributed by atoms with Crippen LogP contribution in [0.25, 0.3) is 11.5 Å². The van der Waals surface area contributed by atoms with Gasteiger partial charge in [0.1, 0.15) is 0 Å². The van der Waals surface area contributed by atoms with E-state index in [1.54, 1.807) is 0 Å². The van der Waals surface area contributed by atoms with E-state index in [1.165, 1.54) is 6.42 Å². The van der Waals surface area contributed by atoms with E-state index in [0.717, 1.165) is 25.7 Å². The molecule has 2 bridgehead atoms. The Hall–Kier alpha value is -1.92. The molecule has 0 aliphatic heterocycles. The number of benzene rings is 1. The van der Waals surface area contributed by atoms with Gasteiger partial charge in [-0.15, -0.1) is 12.4 Å². The minimum Gasteiger partial charge on any atom is -0.349 e. The maximum absolute atomic E-state index is 13.1. The van der Waals surface area contributed by atoms with Gasteiger partial charge in [-0.25, -0.2) is 0 Å². The van der Waals surface area contributed by atoms with Gasteiger partial charge in [0.15, 0.2) is 5.82 Å². The van der Waals surface area contributed by atoms with Gasteiger partial charge in [-0.1, -0.05) is 37.6 Å². The number of carbonyl (C=O) groups is 1.